The van der Waals surface area contributed by atoms with Crippen LogP contribution in [0.15, 0.2) is 77.7 Å². The molecule has 1 aliphatic heterocycles. The molecule has 6 nitrogen and oxygen atoms in total. The number of fused-ring (bicyclic) bond motifs is 1. The molecule has 0 atom stereocenters. The Hall–Kier alpha value is -3.46. The van der Waals surface area contributed by atoms with Gasteiger partial charge in [-0.15, -0.1) is 0 Å². The van der Waals surface area contributed by atoms with E-state index in [4.69, 9.17) is 4.74 Å². The molecule has 0 aromatic heterocycles. The van der Waals surface area contributed by atoms with Gasteiger partial charge in [-0.05, 0) is 54.1 Å². The van der Waals surface area contributed by atoms with E-state index in [1.807, 2.05) is 0 Å². The van der Waals surface area contributed by atoms with Gasteiger partial charge in [0.15, 0.2) is 0 Å². The second-order valence-corrected chi connectivity index (χ2v) is 8.67. The van der Waals surface area contributed by atoms with E-state index >= 15 is 0 Å². The number of halogens is 2. The highest BCUT2D eigenvalue weighted by atomic mass is 32.2. The third-order valence-corrected chi connectivity index (χ3v) is 6.57. The van der Waals surface area contributed by atoms with Crippen molar-refractivity contribution in [2.75, 3.05) is 18.1 Å². The average molecular weight is 444 g/mol. The van der Waals surface area contributed by atoms with Crippen molar-refractivity contribution < 1.29 is 26.7 Å². The summed E-state index contributed by atoms with van der Waals surface area (Å²) >= 11 is 0. The number of hydrogen-bond acceptors (Lipinski definition) is 4. The molecule has 9 heteroatoms. The van der Waals surface area contributed by atoms with Gasteiger partial charge in [-0.3, -0.25) is 4.90 Å². The van der Waals surface area contributed by atoms with Crippen molar-refractivity contribution in [3.8, 4) is 5.75 Å². The zero-order valence-corrected chi connectivity index (χ0v) is 17.1. The Kier molecular flexibility index (Phi) is 5.60. The Bertz CT molecular complexity index is 1200. The molecule has 0 radical (unpaired) electrons. The molecule has 3 aromatic carbocycles. The first-order chi connectivity index (χ1) is 14.9. The zero-order valence-electron chi connectivity index (χ0n) is 16.2. The number of para-hydroxylation sites is 1. The molecule has 0 spiro atoms. The van der Waals surface area contributed by atoms with Gasteiger partial charge in [-0.2, -0.15) is 0 Å². The molecule has 0 saturated carbocycles. The fourth-order valence-corrected chi connectivity index (χ4v) is 4.82. The van der Waals surface area contributed by atoms with Crippen molar-refractivity contribution in [1.29, 1.82) is 0 Å². The SMILES string of the molecule is O=C1N(CCOc2ccc(F)cc2)c2ccccc2S(=O)(=O)N1Cc1ccc(F)cc1. The van der Waals surface area contributed by atoms with E-state index < -0.39 is 27.7 Å². The Morgan fingerprint density at radius 1 is 0.839 bits per heavy atom. The highest BCUT2D eigenvalue weighted by Gasteiger charge is 2.41. The highest BCUT2D eigenvalue weighted by Crippen LogP contribution is 2.35. The Balaban J connectivity index is 1.60. The fourth-order valence-electron chi connectivity index (χ4n) is 3.27. The summed E-state index contributed by atoms with van der Waals surface area (Å²) in [4.78, 5) is 14.5. The number of nitrogens with zero attached hydrogens (tertiary/aromatic N) is 2. The first-order valence-corrected chi connectivity index (χ1v) is 10.9. The quantitative estimate of drug-likeness (QED) is 0.572. The van der Waals surface area contributed by atoms with Crippen molar-refractivity contribution >= 4 is 21.7 Å². The Morgan fingerprint density at radius 3 is 2.13 bits per heavy atom. The minimum atomic E-state index is -4.09. The van der Waals surface area contributed by atoms with Gasteiger partial charge in [-0.1, -0.05) is 24.3 Å². The molecule has 0 aliphatic carbocycles. The lowest BCUT2D eigenvalue weighted by Gasteiger charge is -2.36. The van der Waals surface area contributed by atoms with Gasteiger partial charge in [-0.25, -0.2) is 26.3 Å². The highest BCUT2D eigenvalue weighted by molar-refractivity contribution is 7.90. The maximum atomic E-state index is 13.2. The van der Waals surface area contributed by atoms with E-state index in [9.17, 15) is 22.0 Å². The first-order valence-electron chi connectivity index (χ1n) is 9.42. The van der Waals surface area contributed by atoms with Crippen molar-refractivity contribution in [2.45, 2.75) is 11.4 Å². The number of carbonyl (C=O) groups is 1. The monoisotopic (exact) mass is 444 g/mol. The molecule has 0 bridgehead atoms. The third kappa shape index (κ3) is 4.22. The summed E-state index contributed by atoms with van der Waals surface area (Å²) in [6.07, 6.45) is 0. The number of anilines is 1. The summed E-state index contributed by atoms with van der Waals surface area (Å²) in [6.45, 7) is -0.0933. The normalized spacial score (nSPS) is 15.0. The maximum Gasteiger partial charge on any atom is 0.338 e. The molecule has 1 heterocycles. The van der Waals surface area contributed by atoms with Crippen LogP contribution >= 0.6 is 0 Å². The standard InChI is InChI=1S/C22H18F2N2O4S/c23-17-7-5-16(6-8-17)15-26-22(27)25(13-14-30-19-11-9-18(24)10-12-19)20-3-1-2-4-21(20)31(26,28)29/h1-12H,13-15H2. The van der Waals surface area contributed by atoms with Crippen molar-refractivity contribution in [1.82, 2.24) is 4.31 Å². The molecule has 1 aliphatic rings. The summed E-state index contributed by atoms with van der Waals surface area (Å²) in [5.41, 5.74) is 0.728. The van der Waals surface area contributed by atoms with E-state index in [-0.39, 0.29) is 30.3 Å². The largest absolute Gasteiger partial charge is 0.492 e. The molecule has 0 fully saturated rings. The van der Waals surface area contributed by atoms with Crippen LogP contribution in [0.4, 0.5) is 19.3 Å². The van der Waals surface area contributed by atoms with Crippen LogP contribution in [0.1, 0.15) is 5.56 Å². The summed E-state index contributed by atoms with van der Waals surface area (Å²) in [6, 6.07) is 16.2. The fraction of sp³-hybridized carbons (Fsp3) is 0.136. The number of ether oxygens (including phenoxy) is 1. The second-order valence-electron chi connectivity index (χ2n) is 6.84. The van der Waals surface area contributed by atoms with Crippen molar-refractivity contribution in [3.63, 3.8) is 0 Å². The smallest absolute Gasteiger partial charge is 0.338 e. The number of amides is 2. The Labute approximate surface area is 178 Å². The molecule has 160 valence electrons. The molecule has 3 aromatic rings. The van der Waals surface area contributed by atoms with Gasteiger partial charge >= 0.3 is 6.03 Å². The van der Waals surface area contributed by atoms with E-state index in [1.165, 1.54) is 59.5 Å². The number of hydrogen-bond donors (Lipinski definition) is 0. The lowest BCUT2D eigenvalue weighted by Crippen LogP contribution is -2.51. The van der Waals surface area contributed by atoms with E-state index in [0.29, 0.717) is 11.3 Å². The van der Waals surface area contributed by atoms with Gasteiger partial charge in [0.2, 0.25) is 0 Å². The van der Waals surface area contributed by atoms with Crippen LogP contribution in [-0.2, 0) is 16.6 Å². The third-order valence-electron chi connectivity index (χ3n) is 4.81. The molecule has 4 rings (SSSR count). The van der Waals surface area contributed by atoms with Gasteiger partial charge in [0.25, 0.3) is 10.0 Å². The number of sulfonamides is 1. The average Bonchev–Trinajstić information content (AvgIpc) is 2.76. The number of carbonyl (C=O) groups excluding carboxylic acids is 1. The van der Waals surface area contributed by atoms with Gasteiger partial charge < -0.3 is 4.74 Å². The molecular weight excluding hydrogens is 426 g/mol. The molecule has 0 N–H and O–H groups in total. The number of benzene rings is 3. The minimum Gasteiger partial charge on any atom is -0.492 e. The van der Waals surface area contributed by atoms with Crippen LogP contribution in [0.3, 0.4) is 0 Å². The summed E-state index contributed by atoms with van der Waals surface area (Å²) in [5, 5.41) is 0. The van der Waals surface area contributed by atoms with Crippen LogP contribution in [0.5, 0.6) is 5.75 Å². The van der Waals surface area contributed by atoms with Crippen LogP contribution in [0.2, 0.25) is 0 Å². The molecule has 0 saturated heterocycles. The summed E-state index contributed by atoms with van der Waals surface area (Å²) in [7, 11) is -4.09. The lowest BCUT2D eigenvalue weighted by molar-refractivity contribution is 0.223. The second kappa shape index (κ2) is 8.35. The number of rotatable bonds is 6. The maximum absolute atomic E-state index is 13.2. The lowest BCUT2D eigenvalue weighted by atomic mass is 10.2. The molecular formula is C22H18F2N2O4S. The Morgan fingerprint density at radius 2 is 1.45 bits per heavy atom. The molecule has 2 amide bonds. The van der Waals surface area contributed by atoms with Gasteiger partial charge in [0.05, 0.1) is 18.8 Å². The summed E-state index contributed by atoms with van der Waals surface area (Å²) < 4.78 is 58.8. The van der Waals surface area contributed by atoms with Crippen LogP contribution in [0, 0.1) is 11.6 Å². The topological polar surface area (TPSA) is 66.9 Å². The minimum absolute atomic E-state index is 0.00139. The van der Waals surface area contributed by atoms with Crippen LogP contribution < -0.4 is 9.64 Å². The summed E-state index contributed by atoms with van der Waals surface area (Å²) in [5.74, 6) is -0.425. The van der Waals surface area contributed by atoms with E-state index in [1.54, 1.807) is 18.2 Å². The predicted molar refractivity (Wildman–Crippen MR) is 110 cm³/mol. The zero-order chi connectivity index (χ0) is 22.0. The van der Waals surface area contributed by atoms with Crippen LogP contribution in [0.25, 0.3) is 0 Å². The molecule has 31 heavy (non-hydrogen) atoms. The van der Waals surface area contributed by atoms with E-state index in [2.05, 4.69) is 0 Å². The van der Waals surface area contributed by atoms with E-state index in [0.717, 1.165) is 4.31 Å². The predicted octanol–water partition coefficient (Wildman–Crippen LogP) is 4.17. The van der Waals surface area contributed by atoms with Crippen molar-refractivity contribution in [3.05, 3.63) is 90.0 Å². The first kappa shape index (κ1) is 20.8. The van der Waals surface area contributed by atoms with Gasteiger partial charge in [0, 0.05) is 0 Å². The van der Waals surface area contributed by atoms with Gasteiger partial charge in [0.1, 0.15) is 28.9 Å². The number of urea groups is 1. The molecule has 0 unspecified atom stereocenters. The van der Waals surface area contributed by atoms with Crippen molar-refractivity contribution in [2.24, 2.45) is 0 Å². The van der Waals surface area contributed by atoms with Crippen LogP contribution in [-0.4, -0.2) is 31.9 Å².